The fourth-order valence-electron chi connectivity index (χ4n) is 1.79. The largest absolute Gasteiger partial charge is 0.504 e. The minimum absolute atomic E-state index is 0.224. The van der Waals surface area contributed by atoms with Crippen LogP contribution in [0.2, 0.25) is 0 Å². The van der Waals surface area contributed by atoms with Crippen LogP contribution in [0.25, 0.3) is 0 Å². The first kappa shape index (κ1) is 11.3. The third-order valence-corrected chi connectivity index (χ3v) is 2.66. The maximum atomic E-state index is 11.7. The average molecular weight is 237 g/mol. The molecule has 0 fully saturated rings. The van der Waals surface area contributed by atoms with Crippen molar-refractivity contribution in [2.45, 2.75) is 12.5 Å². The number of aromatic hydroxyl groups is 2. The summed E-state index contributed by atoms with van der Waals surface area (Å²) >= 11 is 0. The number of rotatable bonds is 1. The molecule has 1 aromatic rings. The van der Waals surface area contributed by atoms with E-state index in [0.29, 0.717) is 5.56 Å². The summed E-state index contributed by atoms with van der Waals surface area (Å²) in [6.45, 7) is 0. The molecule has 0 radical (unpaired) electrons. The number of fused-ring (bicyclic) bond motifs is 1. The summed E-state index contributed by atoms with van der Waals surface area (Å²) in [5.74, 6) is -1.70. The third kappa shape index (κ3) is 1.89. The number of benzene rings is 1. The Balaban J connectivity index is 2.39. The molecule has 3 N–H and O–H groups in total. The molecule has 0 bridgehead atoms. The second-order valence-corrected chi connectivity index (χ2v) is 3.75. The van der Waals surface area contributed by atoms with Crippen LogP contribution in [-0.4, -0.2) is 35.2 Å². The van der Waals surface area contributed by atoms with E-state index in [1.807, 2.05) is 0 Å². The van der Waals surface area contributed by atoms with E-state index in [2.05, 4.69) is 10.1 Å². The number of hydrogen-bond donors (Lipinski definition) is 3. The van der Waals surface area contributed by atoms with Crippen molar-refractivity contribution in [1.82, 2.24) is 5.32 Å². The topological polar surface area (TPSA) is 95.9 Å². The highest BCUT2D eigenvalue weighted by Gasteiger charge is 2.30. The molecule has 1 amide bonds. The fourth-order valence-corrected chi connectivity index (χ4v) is 1.79. The molecule has 1 unspecified atom stereocenters. The third-order valence-electron chi connectivity index (χ3n) is 2.66. The molecule has 0 aromatic heterocycles. The molecule has 0 saturated carbocycles. The lowest BCUT2D eigenvalue weighted by molar-refractivity contribution is -0.142. The number of esters is 1. The van der Waals surface area contributed by atoms with Crippen LogP contribution >= 0.6 is 0 Å². The summed E-state index contributed by atoms with van der Waals surface area (Å²) in [4.78, 5) is 23.0. The maximum absolute atomic E-state index is 11.7. The van der Waals surface area contributed by atoms with Crippen LogP contribution < -0.4 is 5.32 Å². The van der Waals surface area contributed by atoms with E-state index in [1.165, 1.54) is 19.2 Å². The Morgan fingerprint density at radius 3 is 2.71 bits per heavy atom. The minimum atomic E-state index is -0.760. The molecule has 0 spiro atoms. The smallest absolute Gasteiger partial charge is 0.328 e. The Morgan fingerprint density at radius 1 is 1.41 bits per heavy atom. The number of hydrogen-bond acceptors (Lipinski definition) is 5. The van der Waals surface area contributed by atoms with Crippen LogP contribution in [0.15, 0.2) is 12.1 Å². The van der Waals surface area contributed by atoms with Gasteiger partial charge >= 0.3 is 5.97 Å². The molecule has 0 saturated heterocycles. The number of ether oxygens (including phenoxy) is 1. The fraction of sp³-hybridized carbons (Fsp3) is 0.273. The van der Waals surface area contributed by atoms with Gasteiger partial charge in [0.1, 0.15) is 6.04 Å². The van der Waals surface area contributed by atoms with Gasteiger partial charge in [0, 0.05) is 12.0 Å². The van der Waals surface area contributed by atoms with E-state index in [1.54, 1.807) is 0 Å². The lowest BCUT2D eigenvalue weighted by atomic mass is 9.94. The predicted octanol–water partition coefficient (Wildman–Crippen LogP) is -0.0747. The monoisotopic (exact) mass is 237 g/mol. The first-order valence-corrected chi connectivity index (χ1v) is 4.96. The predicted molar refractivity (Wildman–Crippen MR) is 56.7 cm³/mol. The number of amides is 1. The van der Waals surface area contributed by atoms with E-state index >= 15 is 0 Å². The number of methoxy groups -OCH3 is 1. The molecule has 6 heteroatoms. The molecule has 1 aliphatic rings. The van der Waals surface area contributed by atoms with Crippen LogP contribution in [0.5, 0.6) is 11.5 Å². The zero-order chi connectivity index (χ0) is 12.6. The van der Waals surface area contributed by atoms with Crippen molar-refractivity contribution in [3.63, 3.8) is 0 Å². The first-order valence-electron chi connectivity index (χ1n) is 4.96. The molecule has 1 aromatic carbocycles. The molecule has 1 atom stereocenters. The van der Waals surface area contributed by atoms with Crippen LogP contribution in [-0.2, 0) is 16.0 Å². The standard InChI is InChI=1S/C11H11NO5/c1-17-11(16)7-2-5-3-8(13)9(14)4-6(5)10(15)12-7/h3-4,7,13-14H,2H2,1H3,(H,12,15). The van der Waals surface area contributed by atoms with E-state index in [4.69, 9.17) is 0 Å². The number of carbonyl (C=O) groups is 2. The molecule has 17 heavy (non-hydrogen) atoms. The summed E-state index contributed by atoms with van der Waals surface area (Å²) < 4.78 is 4.54. The Morgan fingerprint density at radius 2 is 2.06 bits per heavy atom. The normalized spacial score (nSPS) is 18.2. The lowest BCUT2D eigenvalue weighted by Crippen LogP contribution is -2.46. The van der Waals surface area contributed by atoms with Crippen LogP contribution in [0.3, 0.4) is 0 Å². The quantitative estimate of drug-likeness (QED) is 0.469. The van der Waals surface area contributed by atoms with E-state index < -0.39 is 17.9 Å². The zero-order valence-corrected chi connectivity index (χ0v) is 9.06. The van der Waals surface area contributed by atoms with Crippen molar-refractivity contribution in [3.8, 4) is 11.5 Å². The van der Waals surface area contributed by atoms with Crippen molar-refractivity contribution in [2.75, 3.05) is 7.11 Å². The second kappa shape index (κ2) is 3.97. The summed E-state index contributed by atoms with van der Waals surface area (Å²) in [7, 11) is 1.23. The van der Waals surface area contributed by atoms with Gasteiger partial charge in [-0.1, -0.05) is 0 Å². The van der Waals surface area contributed by atoms with E-state index in [9.17, 15) is 19.8 Å². The molecular weight excluding hydrogens is 226 g/mol. The van der Waals surface area contributed by atoms with Crippen LogP contribution in [0.4, 0.5) is 0 Å². The Bertz CT molecular complexity index is 497. The van der Waals surface area contributed by atoms with Gasteiger partial charge in [-0.15, -0.1) is 0 Å². The molecule has 90 valence electrons. The highest BCUT2D eigenvalue weighted by Crippen LogP contribution is 2.30. The SMILES string of the molecule is COC(=O)C1Cc2cc(O)c(O)cc2C(=O)N1. The maximum Gasteiger partial charge on any atom is 0.328 e. The first-order chi connectivity index (χ1) is 8.02. The van der Waals surface area contributed by atoms with Gasteiger partial charge in [-0.2, -0.15) is 0 Å². The van der Waals surface area contributed by atoms with Gasteiger partial charge in [0.15, 0.2) is 11.5 Å². The Hall–Kier alpha value is -2.24. The molecule has 0 aliphatic carbocycles. The Labute approximate surface area is 96.8 Å². The number of carbonyl (C=O) groups excluding carboxylic acids is 2. The number of nitrogens with one attached hydrogen (secondary N) is 1. The van der Waals surface area contributed by atoms with Gasteiger partial charge in [0.2, 0.25) is 0 Å². The Kier molecular flexibility index (Phi) is 2.63. The van der Waals surface area contributed by atoms with Crippen molar-refractivity contribution >= 4 is 11.9 Å². The highest BCUT2D eigenvalue weighted by atomic mass is 16.5. The number of phenolic OH excluding ortho intramolecular Hbond substituents is 2. The van der Waals surface area contributed by atoms with E-state index in [-0.39, 0.29) is 23.5 Å². The minimum Gasteiger partial charge on any atom is -0.504 e. The number of phenols is 2. The lowest BCUT2D eigenvalue weighted by Gasteiger charge is -2.23. The van der Waals surface area contributed by atoms with E-state index in [0.717, 1.165) is 0 Å². The van der Waals surface area contributed by atoms with Crippen molar-refractivity contribution in [3.05, 3.63) is 23.3 Å². The van der Waals surface area contributed by atoms with Crippen molar-refractivity contribution in [1.29, 1.82) is 0 Å². The van der Waals surface area contributed by atoms with Gasteiger partial charge in [0.25, 0.3) is 5.91 Å². The van der Waals surface area contributed by atoms with Crippen molar-refractivity contribution in [2.24, 2.45) is 0 Å². The van der Waals surface area contributed by atoms with Gasteiger partial charge in [-0.25, -0.2) is 4.79 Å². The molecule has 1 aliphatic heterocycles. The van der Waals surface area contributed by atoms with Crippen LogP contribution in [0, 0.1) is 0 Å². The summed E-state index contributed by atoms with van der Waals surface area (Å²) in [6.07, 6.45) is 0.224. The average Bonchev–Trinajstić information content (AvgIpc) is 2.30. The van der Waals surface area contributed by atoms with Gasteiger partial charge < -0.3 is 20.3 Å². The molecular formula is C11H11NO5. The van der Waals surface area contributed by atoms with Gasteiger partial charge in [-0.05, 0) is 17.7 Å². The molecule has 6 nitrogen and oxygen atoms in total. The summed E-state index contributed by atoms with van der Waals surface area (Å²) in [6, 6.07) is 1.69. The second-order valence-electron chi connectivity index (χ2n) is 3.75. The van der Waals surface area contributed by atoms with Gasteiger partial charge in [0.05, 0.1) is 7.11 Å². The summed E-state index contributed by atoms with van der Waals surface area (Å²) in [5, 5.41) is 21.1. The molecule has 1 heterocycles. The van der Waals surface area contributed by atoms with Crippen LogP contribution in [0.1, 0.15) is 15.9 Å². The van der Waals surface area contributed by atoms with Crippen molar-refractivity contribution < 1.29 is 24.5 Å². The summed E-state index contributed by atoms with van der Waals surface area (Å²) in [5.41, 5.74) is 0.750. The zero-order valence-electron chi connectivity index (χ0n) is 9.06. The van der Waals surface area contributed by atoms with Gasteiger partial charge in [-0.3, -0.25) is 4.79 Å². The highest BCUT2D eigenvalue weighted by molar-refractivity contribution is 6.00. The molecule has 2 rings (SSSR count).